The van der Waals surface area contributed by atoms with E-state index >= 15 is 0 Å². The topological polar surface area (TPSA) is 66.5 Å². The third-order valence-electron chi connectivity index (χ3n) is 3.81. The molecule has 4 N–H and O–H groups in total. The summed E-state index contributed by atoms with van der Waals surface area (Å²) < 4.78 is 0. The molecule has 0 aromatic heterocycles. The molecule has 1 fully saturated rings. The molecule has 3 atom stereocenters. The first kappa shape index (κ1) is 13.9. The Morgan fingerprint density at radius 1 is 1.19 bits per heavy atom. The van der Waals surface area contributed by atoms with Gasteiger partial charge in [-0.25, -0.2) is 0 Å². The van der Waals surface area contributed by atoms with Gasteiger partial charge >= 0.3 is 0 Å². The first-order valence-corrected chi connectivity index (χ1v) is 6.75. The van der Waals surface area contributed by atoms with Crippen molar-refractivity contribution in [2.24, 2.45) is 11.7 Å². The summed E-state index contributed by atoms with van der Waals surface area (Å²) in [6.45, 7) is 1.92. The van der Waals surface area contributed by atoms with Gasteiger partial charge in [0.2, 0.25) is 0 Å². The van der Waals surface area contributed by atoms with E-state index in [0.717, 1.165) is 6.42 Å². The molecular formula is C13H27NO2. The van der Waals surface area contributed by atoms with Gasteiger partial charge in [-0.3, -0.25) is 0 Å². The molecule has 16 heavy (non-hydrogen) atoms. The van der Waals surface area contributed by atoms with Crippen LogP contribution in [-0.2, 0) is 0 Å². The van der Waals surface area contributed by atoms with Gasteiger partial charge in [0.25, 0.3) is 0 Å². The summed E-state index contributed by atoms with van der Waals surface area (Å²) in [5.74, 6) is 0.692. The smallest absolute Gasteiger partial charge is 0.0715 e. The normalized spacial score (nSPS) is 24.0. The molecular weight excluding hydrogens is 202 g/mol. The second kappa shape index (κ2) is 7.25. The van der Waals surface area contributed by atoms with E-state index in [2.05, 4.69) is 0 Å². The van der Waals surface area contributed by atoms with Crippen molar-refractivity contribution in [3.8, 4) is 0 Å². The van der Waals surface area contributed by atoms with Crippen molar-refractivity contribution in [2.45, 2.75) is 76.5 Å². The quantitative estimate of drug-likeness (QED) is 0.650. The van der Waals surface area contributed by atoms with E-state index in [4.69, 9.17) is 5.73 Å². The molecule has 0 aromatic carbocycles. The van der Waals surface area contributed by atoms with Crippen molar-refractivity contribution >= 4 is 0 Å². The van der Waals surface area contributed by atoms with E-state index in [0.29, 0.717) is 18.8 Å². The maximum absolute atomic E-state index is 9.86. The summed E-state index contributed by atoms with van der Waals surface area (Å²) in [7, 11) is 0. The molecule has 1 aliphatic rings. The summed E-state index contributed by atoms with van der Waals surface area (Å²) in [5.41, 5.74) is 5.99. The second-order valence-corrected chi connectivity index (χ2v) is 5.27. The van der Waals surface area contributed by atoms with Crippen LogP contribution in [0.3, 0.4) is 0 Å². The predicted octanol–water partition coefficient (Wildman–Crippen LogP) is 1.81. The lowest BCUT2D eigenvalue weighted by atomic mass is 9.83. The van der Waals surface area contributed by atoms with Gasteiger partial charge < -0.3 is 15.9 Å². The molecule has 0 aromatic rings. The molecule has 0 amide bonds. The van der Waals surface area contributed by atoms with E-state index < -0.39 is 12.2 Å². The van der Waals surface area contributed by atoms with Gasteiger partial charge in [-0.1, -0.05) is 39.0 Å². The molecule has 3 unspecified atom stereocenters. The Morgan fingerprint density at radius 3 is 2.38 bits per heavy atom. The van der Waals surface area contributed by atoms with Gasteiger partial charge in [0, 0.05) is 12.5 Å². The fourth-order valence-corrected chi connectivity index (χ4v) is 2.59. The van der Waals surface area contributed by atoms with Crippen molar-refractivity contribution in [1.29, 1.82) is 0 Å². The van der Waals surface area contributed by atoms with E-state index in [1.807, 2.05) is 6.92 Å². The molecule has 1 saturated carbocycles. The molecule has 3 nitrogen and oxygen atoms in total. The van der Waals surface area contributed by atoms with Gasteiger partial charge in [0.1, 0.15) is 0 Å². The minimum absolute atomic E-state index is 0.163. The average Bonchev–Trinajstić information content (AvgIpc) is 2.30. The first-order chi connectivity index (χ1) is 7.63. The maximum atomic E-state index is 9.86. The first-order valence-electron chi connectivity index (χ1n) is 6.75. The lowest BCUT2D eigenvalue weighted by molar-refractivity contribution is 0.0563. The Morgan fingerprint density at radius 2 is 1.81 bits per heavy atom. The molecule has 1 aliphatic carbocycles. The summed E-state index contributed by atoms with van der Waals surface area (Å²) in [6.07, 6.45) is 7.56. The highest BCUT2D eigenvalue weighted by Crippen LogP contribution is 2.27. The van der Waals surface area contributed by atoms with E-state index in [1.165, 1.54) is 32.1 Å². The van der Waals surface area contributed by atoms with Crippen molar-refractivity contribution in [3.05, 3.63) is 0 Å². The highest BCUT2D eigenvalue weighted by atomic mass is 16.3. The van der Waals surface area contributed by atoms with Gasteiger partial charge in [0.15, 0.2) is 0 Å². The Labute approximate surface area is 99.0 Å². The van der Waals surface area contributed by atoms with E-state index in [1.54, 1.807) is 0 Å². The fourth-order valence-electron chi connectivity index (χ4n) is 2.59. The zero-order chi connectivity index (χ0) is 12.0. The summed E-state index contributed by atoms with van der Waals surface area (Å²) in [5, 5.41) is 19.3. The molecule has 1 rings (SSSR count). The van der Waals surface area contributed by atoms with Crippen LogP contribution in [0.5, 0.6) is 0 Å². The highest BCUT2D eigenvalue weighted by Gasteiger charge is 2.22. The lowest BCUT2D eigenvalue weighted by Crippen LogP contribution is -2.38. The van der Waals surface area contributed by atoms with Crippen LogP contribution in [0.25, 0.3) is 0 Å². The van der Waals surface area contributed by atoms with Crippen LogP contribution in [0.1, 0.15) is 58.3 Å². The van der Waals surface area contributed by atoms with Gasteiger partial charge in [-0.05, 0) is 18.8 Å². The number of nitrogens with two attached hydrogens (primary N) is 1. The number of hydrogen-bond donors (Lipinski definition) is 3. The highest BCUT2D eigenvalue weighted by molar-refractivity contribution is 4.79. The molecule has 0 saturated heterocycles. The number of hydrogen-bond acceptors (Lipinski definition) is 3. The molecule has 96 valence electrons. The Hall–Kier alpha value is -0.120. The van der Waals surface area contributed by atoms with Gasteiger partial charge in [-0.15, -0.1) is 0 Å². The average molecular weight is 229 g/mol. The molecule has 0 bridgehead atoms. The molecule has 0 heterocycles. The largest absolute Gasteiger partial charge is 0.393 e. The van der Waals surface area contributed by atoms with E-state index in [-0.39, 0.29) is 6.04 Å². The fraction of sp³-hybridized carbons (Fsp3) is 1.00. The summed E-state index contributed by atoms with van der Waals surface area (Å²) in [4.78, 5) is 0. The monoisotopic (exact) mass is 229 g/mol. The Balaban J connectivity index is 2.24. The SMILES string of the molecule is CCC(O)CC(O)C(N)CC1CCCCC1. The molecule has 3 heteroatoms. The number of aliphatic hydroxyl groups excluding tert-OH is 2. The lowest BCUT2D eigenvalue weighted by Gasteiger charge is -2.27. The molecule has 0 radical (unpaired) electrons. The van der Waals surface area contributed by atoms with Crippen LogP contribution in [0.2, 0.25) is 0 Å². The van der Waals surface area contributed by atoms with Crippen LogP contribution < -0.4 is 5.73 Å². The van der Waals surface area contributed by atoms with Crippen LogP contribution in [0.4, 0.5) is 0 Å². The minimum Gasteiger partial charge on any atom is -0.393 e. The predicted molar refractivity (Wildman–Crippen MR) is 66.1 cm³/mol. The van der Waals surface area contributed by atoms with Crippen LogP contribution >= 0.6 is 0 Å². The minimum atomic E-state index is -0.545. The van der Waals surface area contributed by atoms with Crippen LogP contribution in [-0.4, -0.2) is 28.5 Å². The van der Waals surface area contributed by atoms with E-state index in [9.17, 15) is 10.2 Å². The van der Waals surface area contributed by atoms with Gasteiger partial charge in [-0.2, -0.15) is 0 Å². The van der Waals surface area contributed by atoms with Crippen molar-refractivity contribution in [1.82, 2.24) is 0 Å². The second-order valence-electron chi connectivity index (χ2n) is 5.27. The standard InChI is InChI=1S/C13H27NO2/c1-2-11(15)9-13(16)12(14)8-10-6-4-3-5-7-10/h10-13,15-16H,2-9,14H2,1H3. The summed E-state index contributed by atoms with van der Waals surface area (Å²) >= 11 is 0. The zero-order valence-electron chi connectivity index (χ0n) is 10.4. The Bertz CT molecular complexity index is 181. The van der Waals surface area contributed by atoms with Crippen LogP contribution in [0.15, 0.2) is 0 Å². The molecule has 0 spiro atoms. The molecule has 0 aliphatic heterocycles. The Kier molecular flexibility index (Phi) is 6.32. The third-order valence-corrected chi connectivity index (χ3v) is 3.81. The third kappa shape index (κ3) is 4.81. The summed E-state index contributed by atoms with van der Waals surface area (Å²) in [6, 6.07) is -0.163. The number of rotatable bonds is 6. The van der Waals surface area contributed by atoms with Crippen molar-refractivity contribution in [2.75, 3.05) is 0 Å². The van der Waals surface area contributed by atoms with Crippen LogP contribution in [0, 0.1) is 5.92 Å². The number of aliphatic hydroxyl groups is 2. The van der Waals surface area contributed by atoms with Crippen molar-refractivity contribution < 1.29 is 10.2 Å². The van der Waals surface area contributed by atoms with Crippen molar-refractivity contribution in [3.63, 3.8) is 0 Å². The van der Waals surface area contributed by atoms with Gasteiger partial charge in [0.05, 0.1) is 12.2 Å². The zero-order valence-corrected chi connectivity index (χ0v) is 10.4. The maximum Gasteiger partial charge on any atom is 0.0715 e.